The van der Waals surface area contributed by atoms with Gasteiger partial charge in [-0.05, 0) is 52.0 Å². The summed E-state index contributed by atoms with van der Waals surface area (Å²) in [5.74, 6) is 0.242. The van der Waals surface area contributed by atoms with Crippen molar-refractivity contribution in [2.45, 2.75) is 57.7 Å². The Morgan fingerprint density at radius 2 is 1.68 bits per heavy atom. The Morgan fingerprint density at radius 1 is 1.11 bits per heavy atom. The van der Waals surface area contributed by atoms with Crippen molar-refractivity contribution in [3.05, 3.63) is 29.6 Å². The Bertz CT molecular complexity index is 493. The molecular formula is C15H20BFO2. The molecule has 1 aliphatic carbocycles. The van der Waals surface area contributed by atoms with Crippen LogP contribution in [0.2, 0.25) is 0 Å². The molecule has 102 valence electrons. The van der Waals surface area contributed by atoms with Gasteiger partial charge in [-0.2, -0.15) is 0 Å². The van der Waals surface area contributed by atoms with E-state index in [1.54, 1.807) is 6.07 Å². The lowest BCUT2D eigenvalue weighted by Crippen LogP contribution is -2.41. The van der Waals surface area contributed by atoms with Crippen LogP contribution in [-0.2, 0) is 9.31 Å². The lowest BCUT2D eigenvalue weighted by Gasteiger charge is -2.32. The summed E-state index contributed by atoms with van der Waals surface area (Å²) in [6, 6.07) is 5.54. The van der Waals surface area contributed by atoms with E-state index in [-0.39, 0.29) is 5.82 Å². The van der Waals surface area contributed by atoms with Crippen molar-refractivity contribution in [2.75, 3.05) is 0 Å². The van der Waals surface area contributed by atoms with Gasteiger partial charge in [0.15, 0.2) is 0 Å². The van der Waals surface area contributed by atoms with Crippen LogP contribution in [0.25, 0.3) is 0 Å². The van der Waals surface area contributed by atoms with Gasteiger partial charge in [0.05, 0.1) is 11.2 Å². The number of benzene rings is 1. The summed E-state index contributed by atoms with van der Waals surface area (Å²) in [7, 11) is -0.608. The Morgan fingerprint density at radius 3 is 2.21 bits per heavy atom. The normalized spacial score (nSPS) is 24.8. The third-order valence-corrected chi connectivity index (χ3v) is 4.58. The largest absolute Gasteiger partial charge is 0.497 e. The van der Waals surface area contributed by atoms with E-state index < -0.39 is 18.3 Å². The maximum absolute atomic E-state index is 14.6. The number of hydrogen-bond donors (Lipinski definition) is 0. The van der Waals surface area contributed by atoms with E-state index in [2.05, 4.69) is 0 Å². The van der Waals surface area contributed by atoms with Gasteiger partial charge in [0.2, 0.25) is 0 Å². The topological polar surface area (TPSA) is 18.5 Å². The molecule has 0 bridgehead atoms. The fraction of sp³-hybridized carbons (Fsp3) is 0.600. The predicted octanol–water partition coefficient (Wildman–Crippen LogP) is 3.00. The molecule has 2 aliphatic rings. The molecule has 0 radical (unpaired) electrons. The van der Waals surface area contributed by atoms with E-state index in [1.165, 1.54) is 0 Å². The van der Waals surface area contributed by atoms with Crippen LogP contribution < -0.4 is 5.46 Å². The minimum Gasteiger partial charge on any atom is -0.399 e. The molecule has 0 atom stereocenters. The standard InChI is InChI=1S/C15H20BFO2/c1-14(2)15(3,4)19-16(18-14)12-7-5-6-11(13(12)17)10-8-9-10/h5-7,10H,8-9H2,1-4H3. The van der Waals surface area contributed by atoms with Crippen molar-refractivity contribution in [3.63, 3.8) is 0 Å². The fourth-order valence-corrected chi connectivity index (χ4v) is 2.43. The highest BCUT2D eigenvalue weighted by molar-refractivity contribution is 6.62. The zero-order chi connectivity index (χ0) is 13.8. The second kappa shape index (κ2) is 4.06. The number of rotatable bonds is 2. The van der Waals surface area contributed by atoms with Crippen LogP contribution >= 0.6 is 0 Å². The van der Waals surface area contributed by atoms with Gasteiger partial charge in [-0.25, -0.2) is 4.39 Å². The summed E-state index contributed by atoms with van der Waals surface area (Å²) in [5.41, 5.74) is 0.481. The highest BCUT2D eigenvalue weighted by atomic mass is 19.1. The lowest BCUT2D eigenvalue weighted by molar-refractivity contribution is 0.00578. The van der Waals surface area contributed by atoms with E-state index in [9.17, 15) is 4.39 Å². The van der Waals surface area contributed by atoms with Crippen molar-refractivity contribution in [2.24, 2.45) is 0 Å². The molecule has 2 nitrogen and oxygen atoms in total. The summed E-state index contributed by atoms with van der Waals surface area (Å²) in [6.45, 7) is 7.93. The molecule has 0 N–H and O–H groups in total. The maximum atomic E-state index is 14.6. The summed E-state index contributed by atoms with van der Waals surface area (Å²) < 4.78 is 26.4. The average molecular weight is 262 g/mol. The fourth-order valence-electron chi connectivity index (χ4n) is 2.43. The van der Waals surface area contributed by atoms with Gasteiger partial charge in [0.25, 0.3) is 0 Å². The minimum absolute atomic E-state index is 0.150. The first-order valence-corrected chi connectivity index (χ1v) is 6.96. The molecule has 1 saturated heterocycles. The van der Waals surface area contributed by atoms with Gasteiger partial charge in [-0.1, -0.05) is 18.2 Å². The SMILES string of the molecule is CC1(C)OB(c2cccc(C3CC3)c2F)OC1(C)C. The zero-order valence-electron chi connectivity index (χ0n) is 12.0. The third-order valence-electron chi connectivity index (χ3n) is 4.58. The van der Waals surface area contributed by atoms with Gasteiger partial charge < -0.3 is 9.31 Å². The highest BCUT2D eigenvalue weighted by Crippen LogP contribution is 2.41. The van der Waals surface area contributed by atoms with E-state index in [0.29, 0.717) is 11.4 Å². The lowest BCUT2D eigenvalue weighted by atomic mass is 9.77. The van der Waals surface area contributed by atoms with Gasteiger partial charge in [-0.15, -0.1) is 0 Å². The summed E-state index contributed by atoms with van der Waals surface area (Å²) in [4.78, 5) is 0. The van der Waals surface area contributed by atoms with Crippen LogP contribution in [0.4, 0.5) is 4.39 Å². The monoisotopic (exact) mass is 262 g/mol. The summed E-state index contributed by atoms with van der Waals surface area (Å²) in [5, 5.41) is 0. The first-order valence-electron chi connectivity index (χ1n) is 6.96. The van der Waals surface area contributed by atoms with Crippen molar-refractivity contribution >= 4 is 12.6 Å². The molecule has 0 spiro atoms. The first-order chi connectivity index (χ1) is 8.82. The number of halogens is 1. The molecule has 1 saturated carbocycles. The van der Waals surface area contributed by atoms with Gasteiger partial charge >= 0.3 is 7.12 Å². The predicted molar refractivity (Wildman–Crippen MR) is 74.1 cm³/mol. The molecule has 19 heavy (non-hydrogen) atoms. The Labute approximate surface area is 114 Å². The molecule has 1 aromatic rings. The smallest absolute Gasteiger partial charge is 0.399 e. The van der Waals surface area contributed by atoms with E-state index in [4.69, 9.17) is 9.31 Å². The van der Waals surface area contributed by atoms with Crippen molar-refractivity contribution < 1.29 is 13.7 Å². The third kappa shape index (κ3) is 2.11. The average Bonchev–Trinajstić information content (AvgIpc) is 3.08. The van der Waals surface area contributed by atoms with E-state index >= 15 is 0 Å². The van der Waals surface area contributed by atoms with Crippen LogP contribution in [0.15, 0.2) is 18.2 Å². The van der Waals surface area contributed by atoms with E-state index in [1.807, 2.05) is 39.8 Å². The molecule has 3 rings (SSSR count). The Hall–Kier alpha value is -0.865. The molecule has 0 aromatic heterocycles. The Balaban J connectivity index is 1.94. The van der Waals surface area contributed by atoms with Gasteiger partial charge in [0.1, 0.15) is 5.82 Å². The molecule has 2 fully saturated rings. The van der Waals surface area contributed by atoms with Crippen LogP contribution in [-0.4, -0.2) is 18.3 Å². The summed E-state index contributed by atoms with van der Waals surface area (Å²) >= 11 is 0. The number of hydrogen-bond acceptors (Lipinski definition) is 2. The van der Waals surface area contributed by atoms with Crippen LogP contribution in [0.3, 0.4) is 0 Å². The van der Waals surface area contributed by atoms with Crippen LogP contribution in [0, 0.1) is 5.82 Å². The Kier molecular flexibility index (Phi) is 2.81. The highest BCUT2D eigenvalue weighted by Gasteiger charge is 2.52. The quantitative estimate of drug-likeness (QED) is 0.763. The van der Waals surface area contributed by atoms with Crippen molar-refractivity contribution in [3.8, 4) is 0 Å². The molecule has 4 heteroatoms. The molecule has 1 aromatic carbocycles. The van der Waals surface area contributed by atoms with Gasteiger partial charge in [-0.3, -0.25) is 0 Å². The molecule has 0 amide bonds. The molecule has 0 unspecified atom stereocenters. The summed E-state index contributed by atoms with van der Waals surface area (Å²) in [6.07, 6.45) is 2.17. The first kappa shape index (κ1) is 13.1. The van der Waals surface area contributed by atoms with Crippen LogP contribution in [0.5, 0.6) is 0 Å². The second-order valence-electron chi connectivity index (χ2n) is 6.61. The molecular weight excluding hydrogens is 242 g/mol. The minimum atomic E-state index is -0.608. The molecule has 1 aliphatic heterocycles. The van der Waals surface area contributed by atoms with Crippen LogP contribution in [0.1, 0.15) is 52.0 Å². The van der Waals surface area contributed by atoms with Gasteiger partial charge in [0, 0.05) is 5.46 Å². The second-order valence-corrected chi connectivity index (χ2v) is 6.61. The van der Waals surface area contributed by atoms with Crippen molar-refractivity contribution in [1.82, 2.24) is 0 Å². The maximum Gasteiger partial charge on any atom is 0.497 e. The van der Waals surface area contributed by atoms with E-state index in [0.717, 1.165) is 18.4 Å². The van der Waals surface area contributed by atoms with Crippen molar-refractivity contribution in [1.29, 1.82) is 0 Å². The zero-order valence-corrected chi connectivity index (χ0v) is 12.0. The molecule has 1 heterocycles.